The van der Waals surface area contributed by atoms with E-state index in [-0.39, 0.29) is 30.4 Å². The molecule has 0 aromatic heterocycles. The van der Waals surface area contributed by atoms with Crippen LogP contribution in [0.5, 0.6) is 0 Å². The van der Waals surface area contributed by atoms with Crippen molar-refractivity contribution in [2.45, 2.75) is 161 Å². The third-order valence-electron chi connectivity index (χ3n) is 8.23. The normalized spacial score (nSPS) is 11.2. The summed E-state index contributed by atoms with van der Waals surface area (Å²) < 4.78 is 16.8. The summed E-state index contributed by atoms with van der Waals surface area (Å²) in [5, 5.41) is 2.92. The lowest BCUT2D eigenvalue weighted by Gasteiger charge is -2.25. The minimum atomic E-state index is -0.519. The number of methoxy groups -OCH3 is 1. The molecule has 0 spiro atoms. The van der Waals surface area contributed by atoms with Crippen LogP contribution in [-0.2, 0) is 43.0 Å². The lowest BCUT2D eigenvalue weighted by Crippen LogP contribution is -2.38. The Morgan fingerprint density at radius 2 is 1.02 bits per heavy atom. The van der Waals surface area contributed by atoms with Gasteiger partial charge in [-0.25, -0.2) is 9.59 Å². The minimum Gasteiger partial charge on any atom is -0.469 e. The number of rotatable bonds is 33. The second-order valence-electron chi connectivity index (χ2n) is 12.9. The first-order chi connectivity index (χ1) is 26.5. The SMILES string of the molecule is C=CC(=O)OC(CSC)C(CSC)OC(=O)C=C.CCCCCCCCCCCCCCCCCCNC(=O)CCC(=O)CC.COC(=O)CCC(=O)NS. The maximum Gasteiger partial charge on any atom is 0.330 e. The van der Waals surface area contributed by atoms with E-state index in [1.54, 1.807) is 0 Å². The number of unbranched alkanes of at least 4 members (excludes halogenated alkanes) is 15. The molecule has 0 heterocycles. The van der Waals surface area contributed by atoms with Crippen molar-refractivity contribution in [1.29, 1.82) is 0 Å². The van der Waals surface area contributed by atoms with Crippen molar-refractivity contribution in [2.75, 3.05) is 37.7 Å². The van der Waals surface area contributed by atoms with Gasteiger partial charge >= 0.3 is 17.9 Å². The number of esters is 3. The fraction of sp³-hybridized carbons (Fsp3) is 0.756. The fourth-order valence-electron chi connectivity index (χ4n) is 4.95. The largest absolute Gasteiger partial charge is 0.469 e. The van der Waals surface area contributed by atoms with Gasteiger partial charge in [0.2, 0.25) is 11.8 Å². The molecule has 0 aliphatic heterocycles. The van der Waals surface area contributed by atoms with Crippen LogP contribution in [0.3, 0.4) is 0 Å². The number of thioether (sulfide) groups is 2. The molecule has 320 valence electrons. The molecule has 0 aliphatic rings. The number of hydrogen-bond donors (Lipinski definition) is 3. The number of amides is 2. The van der Waals surface area contributed by atoms with E-state index in [9.17, 15) is 28.8 Å². The number of ether oxygens (including phenoxy) is 3. The number of ketones is 1. The van der Waals surface area contributed by atoms with Crippen LogP contribution in [0.1, 0.15) is 149 Å². The van der Waals surface area contributed by atoms with Gasteiger partial charge in [0.15, 0.2) is 0 Å². The molecule has 0 radical (unpaired) electrons. The Bertz CT molecular complexity index is 985. The molecule has 2 atom stereocenters. The number of Topliss-reactive ketones (excluding diaryl/α,β-unsaturated/α-hetero) is 1. The zero-order valence-corrected chi connectivity index (χ0v) is 37.2. The molecular weight excluding hydrogens is 761 g/mol. The Balaban J connectivity index is -0.000000826. The van der Waals surface area contributed by atoms with E-state index in [0.29, 0.717) is 30.8 Å². The fourth-order valence-corrected chi connectivity index (χ4v) is 6.28. The summed E-state index contributed by atoms with van der Waals surface area (Å²) in [5.41, 5.74) is 0. The smallest absolute Gasteiger partial charge is 0.330 e. The first kappa shape index (κ1) is 56.9. The predicted octanol–water partition coefficient (Wildman–Crippen LogP) is 8.93. The van der Waals surface area contributed by atoms with E-state index in [4.69, 9.17) is 9.47 Å². The highest BCUT2D eigenvalue weighted by molar-refractivity contribution is 7.99. The van der Waals surface area contributed by atoms with Gasteiger partial charge in [-0.05, 0) is 18.9 Å². The quantitative estimate of drug-likeness (QED) is 0.0191. The maximum atomic E-state index is 11.6. The van der Waals surface area contributed by atoms with E-state index in [1.807, 2.05) is 19.4 Å². The first-order valence-electron chi connectivity index (χ1n) is 19.9. The highest BCUT2D eigenvalue weighted by atomic mass is 32.2. The molecule has 0 aromatic rings. The topological polar surface area (TPSA) is 154 Å². The van der Waals surface area contributed by atoms with Crippen LogP contribution in [-0.4, -0.2) is 85.4 Å². The van der Waals surface area contributed by atoms with Crippen molar-refractivity contribution in [3.63, 3.8) is 0 Å². The van der Waals surface area contributed by atoms with Crippen LogP contribution >= 0.6 is 36.3 Å². The van der Waals surface area contributed by atoms with Crippen LogP contribution < -0.4 is 10.0 Å². The Kier molecular flexibility index (Phi) is 45.8. The maximum absolute atomic E-state index is 11.6. The molecular formula is C41H74N2O9S3. The molecule has 0 fully saturated rings. The zero-order valence-electron chi connectivity index (χ0n) is 34.6. The highest BCUT2D eigenvalue weighted by Crippen LogP contribution is 2.16. The second kappa shape index (κ2) is 44.3. The van der Waals surface area contributed by atoms with E-state index in [2.05, 4.69) is 47.7 Å². The van der Waals surface area contributed by atoms with Crippen LogP contribution in [0.4, 0.5) is 0 Å². The summed E-state index contributed by atoms with van der Waals surface area (Å²) in [4.78, 5) is 66.1. The zero-order chi connectivity index (χ0) is 42.0. The van der Waals surface area contributed by atoms with Crippen LogP contribution in [0.25, 0.3) is 0 Å². The predicted molar refractivity (Wildman–Crippen MR) is 232 cm³/mol. The van der Waals surface area contributed by atoms with Gasteiger partial charge in [0.05, 0.1) is 13.5 Å². The molecule has 0 bridgehead atoms. The highest BCUT2D eigenvalue weighted by Gasteiger charge is 2.27. The van der Waals surface area contributed by atoms with Crippen molar-refractivity contribution < 1.29 is 43.0 Å². The Morgan fingerprint density at radius 1 is 0.618 bits per heavy atom. The van der Waals surface area contributed by atoms with Gasteiger partial charge in [-0.1, -0.05) is 136 Å². The van der Waals surface area contributed by atoms with Crippen molar-refractivity contribution in [3.05, 3.63) is 25.3 Å². The minimum absolute atomic E-state index is 0.0257. The summed E-state index contributed by atoms with van der Waals surface area (Å²) in [5.74, 6) is -0.412. The molecule has 0 aromatic carbocycles. The monoisotopic (exact) mass is 834 g/mol. The lowest BCUT2D eigenvalue weighted by molar-refractivity contribution is -0.158. The number of thiol groups is 1. The molecule has 2 N–H and O–H groups in total. The summed E-state index contributed by atoms with van der Waals surface area (Å²) in [6.45, 7) is 11.6. The number of carbonyl (C=O) groups is 6. The summed E-state index contributed by atoms with van der Waals surface area (Å²) in [6, 6.07) is 0. The molecule has 0 rings (SSSR count). The number of carbonyl (C=O) groups excluding carboxylic acids is 6. The van der Waals surface area contributed by atoms with Crippen LogP contribution in [0.15, 0.2) is 25.3 Å². The van der Waals surface area contributed by atoms with Crippen molar-refractivity contribution >= 4 is 71.8 Å². The molecule has 14 heteroatoms. The average Bonchev–Trinajstić information content (AvgIpc) is 3.19. The van der Waals surface area contributed by atoms with E-state index < -0.39 is 30.1 Å². The van der Waals surface area contributed by atoms with Gasteiger partial charge in [0.25, 0.3) is 0 Å². The van der Waals surface area contributed by atoms with Crippen molar-refractivity contribution in [3.8, 4) is 0 Å². The van der Waals surface area contributed by atoms with Crippen LogP contribution in [0, 0.1) is 0 Å². The van der Waals surface area contributed by atoms with Crippen LogP contribution in [0.2, 0.25) is 0 Å². The van der Waals surface area contributed by atoms with E-state index in [1.165, 1.54) is 127 Å². The number of nitrogens with one attached hydrogen (secondary N) is 2. The average molecular weight is 835 g/mol. The van der Waals surface area contributed by atoms with Gasteiger partial charge in [-0.2, -0.15) is 23.5 Å². The first-order valence-corrected chi connectivity index (χ1v) is 23.1. The summed E-state index contributed by atoms with van der Waals surface area (Å²) >= 11 is 6.52. The molecule has 55 heavy (non-hydrogen) atoms. The standard InChI is InChI=1S/C24H47NO2.C12H18O4S2.C5H9NO3S/c1-3-5-6-7-8-9-10-11-12-13-14-15-16-17-18-19-22-25-24(27)21-20-23(26)4-2;1-5-11(13)15-9(7-17-3)10(8-18-4)16-12(14)6-2;1-9-5(8)3-2-4(7)6-10/h3-22H2,1-2H3,(H,25,27);5-6,9-10H,1-2,7-8H2,3-4H3;10H,2-3H2,1H3,(H,6,7). The Hall–Kier alpha value is -2.45. The van der Waals surface area contributed by atoms with E-state index in [0.717, 1.165) is 25.1 Å². The summed E-state index contributed by atoms with van der Waals surface area (Å²) in [7, 11) is 1.28. The summed E-state index contributed by atoms with van der Waals surface area (Å²) in [6.07, 6.45) is 28.3. The molecule has 0 saturated heterocycles. The molecule has 2 unspecified atom stereocenters. The van der Waals surface area contributed by atoms with E-state index >= 15 is 0 Å². The van der Waals surface area contributed by atoms with Gasteiger partial charge in [-0.15, -0.1) is 0 Å². The van der Waals surface area contributed by atoms with Gasteiger partial charge in [-0.3, -0.25) is 19.2 Å². The third kappa shape index (κ3) is 42.5. The molecule has 0 aliphatic carbocycles. The Labute approximate surface area is 347 Å². The number of hydrogen-bond acceptors (Lipinski definition) is 12. The second-order valence-corrected chi connectivity index (χ2v) is 15.0. The molecule has 2 amide bonds. The van der Waals surface area contributed by atoms with Gasteiger partial charge < -0.3 is 24.2 Å². The van der Waals surface area contributed by atoms with Crippen molar-refractivity contribution in [2.24, 2.45) is 0 Å². The van der Waals surface area contributed by atoms with Gasteiger partial charge in [0.1, 0.15) is 18.0 Å². The van der Waals surface area contributed by atoms with Crippen molar-refractivity contribution in [1.82, 2.24) is 10.0 Å². The lowest BCUT2D eigenvalue weighted by atomic mass is 10.0. The third-order valence-corrected chi connectivity index (χ3v) is 9.80. The van der Waals surface area contributed by atoms with Gasteiger partial charge in [0, 0.05) is 55.9 Å². The Morgan fingerprint density at radius 3 is 1.36 bits per heavy atom. The molecule has 11 nitrogen and oxygen atoms in total. The molecule has 0 saturated carbocycles.